The largest absolute Gasteiger partial charge is 0.452 e. The molecule has 0 spiro atoms. The lowest BCUT2D eigenvalue weighted by molar-refractivity contribution is -0.156. The number of hydrogen-bond donors (Lipinski definition) is 1. The number of hydrogen-bond acceptors (Lipinski definition) is 5. The topological polar surface area (TPSA) is 66.6 Å². The SMILES string of the molecule is Cc1c(-c2ccc(C(=O)N3CCCC(CO)C3)s2)noc1C(F)(F)F. The zero-order valence-electron chi connectivity index (χ0n) is 13.5. The van der Waals surface area contributed by atoms with Crippen LogP contribution in [0.5, 0.6) is 0 Å². The van der Waals surface area contributed by atoms with Gasteiger partial charge in [0.25, 0.3) is 5.91 Å². The molecule has 5 nitrogen and oxygen atoms in total. The minimum absolute atomic E-state index is 0.0395. The van der Waals surface area contributed by atoms with Crippen molar-refractivity contribution in [3.05, 3.63) is 28.3 Å². The molecule has 1 N–H and O–H groups in total. The summed E-state index contributed by atoms with van der Waals surface area (Å²) in [6.45, 7) is 2.44. The second-order valence-corrected chi connectivity index (χ2v) is 7.17. The van der Waals surface area contributed by atoms with Crippen LogP contribution >= 0.6 is 11.3 Å². The number of nitrogens with zero attached hydrogens (tertiary/aromatic N) is 2. The maximum Gasteiger partial charge on any atom is 0.452 e. The summed E-state index contributed by atoms with van der Waals surface area (Å²) in [6.07, 6.45) is -2.89. The van der Waals surface area contributed by atoms with Crippen LogP contribution in [0, 0.1) is 12.8 Å². The number of likely N-dealkylation sites (tertiary alicyclic amines) is 1. The third-order valence-electron chi connectivity index (χ3n) is 4.30. The van der Waals surface area contributed by atoms with Gasteiger partial charge < -0.3 is 14.5 Å². The lowest BCUT2D eigenvalue weighted by Gasteiger charge is -2.31. The summed E-state index contributed by atoms with van der Waals surface area (Å²) in [5, 5.41) is 12.8. The normalized spacial score (nSPS) is 18.6. The Morgan fingerprint density at radius 3 is 2.88 bits per heavy atom. The molecule has 0 radical (unpaired) electrons. The van der Waals surface area contributed by atoms with Crippen LogP contribution < -0.4 is 0 Å². The summed E-state index contributed by atoms with van der Waals surface area (Å²) in [4.78, 5) is 15.2. The first-order valence-electron chi connectivity index (χ1n) is 7.85. The van der Waals surface area contributed by atoms with Crippen molar-refractivity contribution in [3.8, 4) is 10.6 Å². The van der Waals surface area contributed by atoms with E-state index in [9.17, 15) is 23.1 Å². The van der Waals surface area contributed by atoms with E-state index in [1.54, 1.807) is 17.0 Å². The van der Waals surface area contributed by atoms with E-state index in [4.69, 9.17) is 0 Å². The first kappa shape index (κ1) is 17.9. The van der Waals surface area contributed by atoms with Crippen LogP contribution in [-0.2, 0) is 6.18 Å². The second kappa shape index (κ2) is 6.80. The lowest BCUT2D eigenvalue weighted by Crippen LogP contribution is -2.40. The molecule has 1 saturated heterocycles. The van der Waals surface area contributed by atoms with Crippen molar-refractivity contribution in [2.24, 2.45) is 5.92 Å². The molecule has 0 aromatic carbocycles. The molecule has 3 rings (SSSR count). The van der Waals surface area contributed by atoms with E-state index in [1.807, 2.05) is 0 Å². The molecule has 1 aliphatic heterocycles. The molecular weight excluding hydrogens is 357 g/mol. The fourth-order valence-electron chi connectivity index (χ4n) is 2.96. The number of rotatable bonds is 3. The van der Waals surface area contributed by atoms with Crippen molar-refractivity contribution in [3.63, 3.8) is 0 Å². The van der Waals surface area contributed by atoms with Crippen LogP contribution in [0.3, 0.4) is 0 Å². The summed E-state index contributed by atoms with van der Waals surface area (Å²) in [5.41, 5.74) is 0.00919. The van der Waals surface area contributed by atoms with Gasteiger partial charge in [-0.3, -0.25) is 4.79 Å². The number of carbonyl (C=O) groups is 1. The first-order chi connectivity index (χ1) is 11.8. The molecule has 0 saturated carbocycles. The Labute approximate surface area is 146 Å². The van der Waals surface area contributed by atoms with Crippen LogP contribution in [0.15, 0.2) is 16.7 Å². The molecule has 25 heavy (non-hydrogen) atoms. The number of aromatic nitrogens is 1. The predicted octanol–water partition coefficient (Wildman–Crippen LogP) is 3.57. The van der Waals surface area contributed by atoms with Gasteiger partial charge >= 0.3 is 6.18 Å². The maximum atomic E-state index is 12.8. The van der Waals surface area contributed by atoms with Crippen molar-refractivity contribution in [1.82, 2.24) is 10.1 Å². The predicted molar refractivity (Wildman–Crippen MR) is 85.3 cm³/mol. The van der Waals surface area contributed by atoms with Gasteiger partial charge in [0.05, 0.1) is 9.75 Å². The molecule has 3 heterocycles. The van der Waals surface area contributed by atoms with E-state index in [1.165, 1.54) is 6.92 Å². The Kier molecular flexibility index (Phi) is 4.88. The van der Waals surface area contributed by atoms with E-state index in [2.05, 4.69) is 9.68 Å². The molecule has 1 aliphatic rings. The van der Waals surface area contributed by atoms with Crippen molar-refractivity contribution >= 4 is 17.2 Å². The summed E-state index contributed by atoms with van der Waals surface area (Å²) in [7, 11) is 0. The number of amides is 1. The fourth-order valence-corrected chi connectivity index (χ4v) is 3.98. The monoisotopic (exact) mass is 374 g/mol. The average Bonchev–Trinajstić information content (AvgIpc) is 3.20. The van der Waals surface area contributed by atoms with Gasteiger partial charge in [-0.05, 0) is 37.8 Å². The zero-order valence-corrected chi connectivity index (χ0v) is 14.3. The van der Waals surface area contributed by atoms with E-state index >= 15 is 0 Å². The Bertz CT molecular complexity index is 769. The van der Waals surface area contributed by atoms with Crippen LogP contribution in [0.2, 0.25) is 0 Å². The summed E-state index contributed by atoms with van der Waals surface area (Å²) < 4.78 is 42.9. The molecule has 1 amide bonds. The number of piperidine rings is 1. The summed E-state index contributed by atoms with van der Waals surface area (Å²) >= 11 is 1.09. The van der Waals surface area contributed by atoms with Gasteiger partial charge in [-0.1, -0.05) is 5.16 Å². The zero-order chi connectivity index (χ0) is 18.2. The standard InChI is InChI=1S/C16H17F3N2O3S/c1-9-13(20-24-14(9)16(17,18)19)11-4-5-12(25-11)15(23)21-6-2-3-10(7-21)8-22/h4-5,10,22H,2-3,6-8H2,1H3. The smallest absolute Gasteiger partial charge is 0.396 e. The molecule has 2 aromatic heterocycles. The second-order valence-electron chi connectivity index (χ2n) is 6.09. The first-order valence-corrected chi connectivity index (χ1v) is 8.66. The van der Waals surface area contributed by atoms with Gasteiger partial charge in [-0.2, -0.15) is 13.2 Å². The maximum absolute atomic E-state index is 12.8. The number of aliphatic hydroxyl groups is 1. The van der Waals surface area contributed by atoms with Crippen molar-refractivity contribution in [2.45, 2.75) is 25.9 Å². The van der Waals surface area contributed by atoms with Gasteiger partial charge in [0.1, 0.15) is 5.69 Å². The molecule has 136 valence electrons. The summed E-state index contributed by atoms with van der Waals surface area (Å²) in [5.74, 6) is -1.22. The molecule has 1 unspecified atom stereocenters. The number of carbonyl (C=O) groups excluding carboxylic acids is 1. The minimum atomic E-state index is -4.60. The molecule has 2 aromatic rings. The Morgan fingerprint density at radius 2 is 2.24 bits per heavy atom. The van der Waals surface area contributed by atoms with Crippen LogP contribution in [-0.4, -0.2) is 40.8 Å². The van der Waals surface area contributed by atoms with Gasteiger partial charge in [-0.15, -0.1) is 11.3 Å². The van der Waals surface area contributed by atoms with E-state index in [-0.39, 0.29) is 29.7 Å². The Morgan fingerprint density at radius 1 is 1.48 bits per heavy atom. The Hall–Kier alpha value is -1.87. The molecule has 1 fully saturated rings. The van der Waals surface area contributed by atoms with E-state index in [0.29, 0.717) is 22.8 Å². The van der Waals surface area contributed by atoms with Crippen LogP contribution in [0.4, 0.5) is 13.2 Å². The fraction of sp³-hybridized carbons (Fsp3) is 0.500. The van der Waals surface area contributed by atoms with E-state index in [0.717, 1.165) is 24.2 Å². The summed E-state index contributed by atoms with van der Waals surface area (Å²) in [6, 6.07) is 3.17. The van der Waals surface area contributed by atoms with E-state index < -0.39 is 11.9 Å². The van der Waals surface area contributed by atoms with Crippen LogP contribution in [0.25, 0.3) is 10.6 Å². The Balaban J connectivity index is 1.81. The highest BCUT2D eigenvalue weighted by molar-refractivity contribution is 7.17. The molecule has 1 atom stereocenters. The highest BCUT2D eigenvalue weighted by Crippen LogP contribution is 2.38. The number of aliphatic hydroxyl groups excluding tert-OH is 1. The molecule has 0 aliphatic carbocycles. The molecular formula is C16H17F3N2O3S. The number of thiophene rings is 1. The van der Waals surface area contributed by atoms with Crippen molar-refractivity contribution in [2.75, 3.05) is 19.7 Å². The minimum Gasteiger partial charge on any atom is -0.396 e. The van der Waals surface area contributed by atoms with Crippen molar-refractivity contribution < 1.29 is 27.6 Å². The van der Waals surface area contributed by atoms with Crippen molar-refractivity contribution in [1.29, 1.82) is 0 Å². The quantitative estimate of drug-likeness (QED) is 0.892. The number of halogens is 3. The molecule has 9 heteroatoms. The van der Waals surface area contributed by atoms with Crippen LogP contribution in [0.1, 0.15) is 33.8 Å². The highest BCUT2D eigenvalue weighted by atomic mass is 32.1. The van der Waals surface area contributed by atoms with Gasteiger partial charge in [0, 0.05) is 25.3 Å². The van der Waals surface area contributed by atoms with Gasteiger partial charge in [-0.25, -0.2) is 0 Å². The highest BCUT2D eigenvalue weighted by Gasteiger charge is 2.39. The average molecular weight is 374 g/mol. The lowest BCUT2D eigenvalue weighted by atomic mass is 9.99. The van der Waals surface area contributed by atoms with Gasteiger partial charge in [0.2, 0.25) is 5.76 Å². The van der Waals surface area contributed by atoms with Gasteiger partial charge in [0.15, 0.2) is 0 Å². The third-order valence-corrected chi connectivity index (χ3v) is 5.38. The molecule has 0 bridgehead atoms. The third kappa shape index (κ3) is 3.57. The number of alkyl halides is 3.